The molecule has 0 fully saturated rings. The van der Waals surface area contributed by atoms with E-state index in [1.807, 2.05) is 6.07 Å². The Morgan fingerprint density at radius 3 is 2.04 bits per heavy atom. The minimum absolute atomic E-state index is 0.0991. The van der Waals surface area contributed by atoms with Gasteiger partial charge in [-0.1, -0.05) is 76.9 Å². The summed E-state index contributed by atoms with van der Waals surface area (Å²) in [5, 5.41) is 18.0. The van der Waals surface area contributed by atoms with Crippen LogP contribution in [0.2, 0.25) is 0 Å². The summed E-state index contributed by atoms with van der Waals surface area (Å²) in [6.07, 6.45) is 13.3. The Bertz CT molecular complexity index is 551. The summed E-state index contributed by atoms with van der Waals surface area (Å²) in [6, 6.07) is 2.03. The molecule has 0 spiro atoms. The van der Waals surface area contributed by atoms with Crippen molar-refractivity contribution in [2.24, 2.45) is 0 Å². The number of aliphatic carboxylic acids is 1. The van der Waals surface area contributed by atoms with Gasteiger partial charge < -0.3 is 5.11 Å². The van der Waals surface area contributed by atoms with E-state index in [1.54, 1.807) is 6.92 Å². The minimum Gasteiger partial charge on any atom is -0.481 e. The van der Waals surface area contributed by atoms with Gasteiger partial charge in [-0.2, -0.15) is 5.26 Å². The van der Waals surface area contributed by atoms with Crippen LogP contribution < -0.4 is 0 Å². The molecule has 7 heteroatoms. The van der Waals surface area contributed by atoms with Crippen LogP contribution in [0.3, 0.4) is 0 Å². The number of rotatable bonds is 15. The molecule has 1 N–H and O–H groups in total. The van der Waals surface area contributed by atoms with Crippen LogP contribution in [0.15, 0.2) is 0 Å². The largest absolute Gasteiger partial charge is 0.481 e. The summed E-state index contributed by atoms with van der Waals surface area (Å²) in [4.78, 5) is 10.7. The number of nitriles is 1. The van der Waals surface area contributed by atoms with Crippen molar-refractivity contribution in [1.82, 2.24) is 0 Å². The van der Waals surface area contributed by atoms with Crippen LogP contribution in [0.5, 0.6) is 0 Å². The number of carboxylic acids is 1. The zero-order valence-corrected chi connectivity index (χ0v) is 18.8. The molecule has 26 heavy (non-hydrogen) atoms. The average molecular weight is 422 g/mol. The third-order valence-corrected chi connectivity index (χ3v) is 9.71. The molecular weight excluding hydrogens is 386 g/mol. The Hall–Kier alpha value is -0.450. The summed E-state index contributed by atoms with van der Waals surface area (Å²) < 4.78 is 12.0. The monoisotopic (exact) mass is 421 g/mol. The number of thiol groups is 2. The van der Waals surface area contributed by atoms with Gasteiger partial charge in [0.2, 0.25) is 0 Å². The first-order valence-corrected chi connectivity index (χ1v) is 13.0. The molecule has 0 amide bonds. The lowest BCUT2D eigenvalue weighted by atomic mass is 10.1. The lowest BCUT2D eigenvalue weighted by Gasteiger charge is -2.16. The van der Waals surface area contributed by atoms with Gasteiger partial charge in [0, 0.05) is 20.0 Å². The van der Waals surface area contributed by atoms with Gasteiger partial charge in [0.1, 0.15) is 4.75 Å². The van der Waals surface area contributed by atoms with Crippen molar-refractivity contribution < 1.29 is 14.1 Å². The van der Waals surface area contributed by atoms with E-state index >= 15 is 0 Å². The molecule has 0 saturated carbocycles. The first kappa shape index (κ1) is 25.6. The quantitative estimate of drug-likeness (QED) is 0.197. The second-order valence-corrected chi connectivity index (χ2v) is 11.7. The van der Waals surface area contributed by atoms with Crippen LogP contribution in [0.25, 0.3) is 0 Å². The predicted octanol–water partition coefficient (Wildman–Crippen LogP) is 4.98. The highest BCUT2D eigenvalue weighted by Crippen LogP contribution is 2.17. The van der Waals surface area contributed by atoms with Crippen molar-refractivity contribution in [3.8, 4) is 6.07 Å². The molecule has 0 bridgehead atoms. The van der Waals surface area contributed by atoms with Gasteiger partial charge in [0.05, 0.1) is 6.07 Å². The van der Waals surface area contributed by atoms with Gasteiger partial charge in [-0.25, -0.2) is 0 Å². The van der Waals surface area contributed by atoms with E-state index in [2.05, 4.69) is 6.92 Å². The SMILES string of the molecule is CCCCCCCCCCCCC(=S)/[SH]=[SH](=O)\C(C)(C#N)CCC(=O)O. The maximum atomic E-state index is 12.4. The molecular formula is C19H35NO3S3. The standard InChI is InChI=1S/C19H35NO3S3/c1-3-4-5-6-7-8-9-10-11-12-13-18(24)25-26(23)19(2,16-20)15-14-17(21)22/h25-26H,3-15H2,1-2H3,(H,21,22). The fourth-order valence-electron chi connectivity index (χ4n) is 2.57. The molecule has 0 aliphatic carbocycles. The van der Waals surface area contributed by atoms with E-state index in [4.69, 9.17) is 17.3 Å². The van der Waals surface area contributed by atoms with Crippen molar-refractivity contribution in [2.45, 2.75) is 102 Å². The highest BCUT2D eigenvalue weighted by Gasteiger charge is 2.26. The van der Waals surface area contributed by atoms with E-state index in [0.29, 0.717) is 10.3 Å². The molecule has 152 valence electrons. The molecule has 0 aromatic rings. The Morgan fingerprint density at radius 2 is 1.58 bits per heavy atom. The second-order valence-electron chi connectivity index (χ2n) is 6.98. The molecule has 0 heterocycles. The maximum Gasteiger partial charge on any atom is 0.303 e. The number of carbonyl (C=O) groups is 1. The van der Waals surface area contributed by atoms with E-state index in [0.717, 1.165) is 23.5 Å². The third kappa shape index (κ3) is 12.8. The van der Waals surface area contributed by atoms with Gasteiger partial charge >= 0.3 is 5.97 Å². The molecule has 0 aliphatic rings. The Labute approximate surface area is 169 Å². The molecule has 0 rings (SSSR count). The minimum atomic E-state index is -1.88. The Balaban J connectivity index is 4.02. The number of nitrogens with zero attached hydrogens (tertiary/aromatic N) is 1. The molecule has 0 saturated heterocycles. The number of carboxylic acid groups (broad SMARTS) is 1. The Kier molecular flexibility index (Phi) is 15.3. The molecule has 4 nitrogen and oxygen atoms in total. The summed E-state index contributed by atoms with van der Waals surface area (Å²) >= 11 is 5.32. The van der Waals surface area contributed by atoms with E-state index in [-0.39, 0.29) is 12.8 Å². The average Bonchev–Trinajstić information content (AvgIpc) is 2.61. The number of hydrogen-bond acceptors (Lipinski definition) is 4. The smallest absolute Gasteiger partial charge is 0.303 e. The molecule has 0 aliphatic heterocycles. The second kappa shape index (κ2) is 15.6. The van der Waals surface area contributed by atoms with E-state index in [1.165, 1.54) is 51.4 Å². The van der Waals surface area contributed by atoms with Crippen LogP contribution in [-0.4, -0.2) is 24.2 Å². The van der Waals surface area contributed by atoms with Gasteiger partial charge in [0.15, 0.2) is 0 Å². The summed E-state index contributed by atoms with van der Waals surface area (Å²) in [7, 11) is -1.34. The third-order valence-electron chi connectivity index (χ3n) is 4.44. The normalized spacial score (nSPS) is 14.8. The Morgan fingerprint density at radius 1 is 1.08 bits per heavy atom. The van der Waals surface area contributed by atoms with Gasteiger partial charge in [-0.15, -0.1) is 10.3 Å². The van der Waals surface area contributed by atoms with E-state index < -0.39 is 20.1 Å². The zero-order chi connectivity index (χ0) is 19.8. The molecule has 2 unspecified atom stereocenters. The zero-order valence-electron chi connectivity index (χ0n) is 16.2. The van der Waals surface area contributed by atoms with Crippen LogP contribution in [-0.2, 0) is 24.5 Å². The summed E-state index contributed by atoms with van der Waals surface area (Å²) in [5.74, 6) is -0.973. The summed E-state index contributed by atoms with van der Waals surface area (Å²) in [5.41, 5.74) is 0. The van der Waals surface area contributed by atoms with Crippen molar-refractivity contribution in [1.29, 1.82) is 5.26 Å². The lowest BCUT2D eigenvalue weighted by Crippen LogP contribution is -2.26. The molecule has 0 aromatic carbocycles. The van der Waals surface area contributed by atoms with Crippen LogP contribution in [0.1, 0.15) is 97.3 Å². The van der Waals surface area contributed by atoms with Crippen molar-refractivity contribution in [3.63, 3.8) is 0 Å². The van der Waals surface area contributed by atoms with Crippen molar-refractivity contribution in [3.05, 3.63) is 0 Å². The first-order chi connectivity index (χ1) is 12.4. The van der Waals surface area contributed by atoms with Gasteiger partial charge in [-0.05, 0) is 26.2 Å². The maximum absolute atomic E-state index is 12.4. The number of thiocarbonyl (C=S) groups is 1. The molecule has 0 aromatic heterocycles. The molecule has 2 atom stereocenters. The fourth-order valence-corrected chi connectivity index (χ4v) is 6.46. The van der Waals surface area contributed by atoms with Gasteiger partial charge in [0.25, 0.3) is 0 Å². The number of hydrogen-bond donors (Lipinski definition) is 3. The lowest BCUT2D eigenvalue weighted by molar-refractivity contribution is -0.137. The highest BCUT2D eigenvalue weighted by molar-refractivity contribution is 8.40. The predicted molar refractivity (Wildman–Crippen MR) is 118 cm³/mol. The molecule has 0 radical (unpaired) electrons. The van der Waals surface area contributed by atoms with Crippen molar-refractivity contribution in [2.75, 3.05) is 0 Å². The van der Waals surface area contributed by atoms with Crippen molar-refractivity contribution >= 4 is 42.1 Å². The topological polar surface area (TPSA) is 78.2 Å². The van der Waals surface area contributed by atoms with Gasteiger partial charge in [-0.3, -0.25) is 9.00 Å². The van der Waals surface area contributed by atoms with Crippen LogP contribution >= 0.6 is 12.2 Å². The van der Waals surface area contributed by atoms with Crippen LogP contribution in [0, 0.1) is 11.3 Å². The fraction of sp³-hybridized carbons (Fsp3) is 0.842. The van der Waals surface area contributed by atoms with E-state index in [9.17, 15) is 14.3 Å². The highest BCUT2D eigenvalue weighted by atomic mass is 32.8. The first-order valence-electron chi connectivity index (χ1n) is 9.70. The summed E-state index contributed by atoms with van der Waals surface area (Å²) in [6.45, 7) is 3.81. The van der Waals surface area contributed by atoms with Crippen LogP contribution in [0.4, 0.5) is 0 Å². The number of unbranched alkanes of at least 4 members (excludes halogenated alkanes) is 9.